The van der Waals surface area contributed by atoms with Crippen LogP contribution in [-0.2, 0) is 0 Å². The number of phenolic OH excluding ortho intramolecular Hbond substituents is 2. The molecule has 1 fully saturated rings. The van der Waals surface area contributed by atoms with Crippen LogP contribution in [0.25, 0.3) is 11.1 Å². The number of aromatic hydroxyl groups is 2. The molecule has 188 valence electrons. The van der Waals surface area contributed by atoms with Crippen LogP contribution in [0.5, 0.6) is 23.0 Å². The first-order valence-corrected chi connectivity index (χ1v) is 12.5. The summed E-state index contributed by atoms with van der Waals surface area (Å²) in [6.45, 7) is 9.26. The van der Waals surface area contributed by atoms with Crippen LogP contribution < -0.4 is 9.47 Å². The van der Waals surface area contributed by atoms with Crippen molar-refractivity contribution in [3.05, 3.63) is 83.2 Å². The van der Waals surface area contributed by atoms with Crippen molar-refractivity contribution >= 4 is 11.1 Å². The van der Waals surface area contributed by atoms with Crippen LogP contribution in [0.4, 0.5) is 4.39 Å². The van der Waals surface area contributed by atoms with Crippen LogP contribution >= 0.6 is 0 Å². The van der Waals surface area contributed by atoms with E-state index in [2.05, 4.69) is 18.7 Å². The third kappa shape index (κ3) is 4.78. The Morgan fingerprint density at radius 3 is 2.58 bits per heavy atom. The third-order valence-electron chi connectivity index (χ3n) is 7.27. The monoisotopic (exact) mass is 489 g/mol. The lowest BCUT2D eigenvalue weighted by Crippen LogP contribution is -2.35. The minimum atomic E-state index is -0.730. The highest BCUT2D eigenvalue weighted by Gasteiger charge is 2.31. The van der Waals surface area contributed by atoms with Crippen molar-refractivity contribution in [2.24, 2.45) is 5.92 Å². The number of halogens is 1. The molecule has 2 heterocycles. The van der Waals surface area contributed by atoms with Crippen molar-refractivity contribution in [1.29, 1.82) is 0 Å². The smallest absolute Gasteiger partial charge is 0.168 e. The SMILES string of the molecule is CC1=C(c2cccc(O)c2)C(c2ccc(OCC(C)N3CCC(C)C3)cc2)Oc2cc(F)c(O)cc21. The van der Waals surface area contributed by atoms with Crippen LogP contribution in [0.1, 0.15) is 50.0 Å². The van der Waals surface area contributed by atoms with E-state index in [1.807, 2.05) is 37.3 Å². The lowest BCUT2D eigenvalue weighted by atomic mass is 9.86. The summed E-state index contributed by atoms with van der Waals surface area (Å²) < 4.78 is 26.6. The van der Waals surface area contributed by atoms with Crippen molar-refractivity contribution in [2.45, 2.75) is 39.3 Å². The molecule has 2 aliphatic rings. The molecule has 0 bridgehead atoms. The normalized spacial score (nSPS) is 20.7. The fourth-order valence-corrected chi connectivity index (χ4v) is 5.17. The molecule has 0 saturated carbocycles. The number of phenols is 2. The van der Waals surface area contributed by atoms with E-state index in [-0.39, 0.29) is 5.75 Å². The summed E-state index contributed by atoms with van der Waals surface area (Å²) in [4.78, 5) is 2.47. The number of likely N-dealkylation sites (tertiary alicyclic amines) is 1. The molecule has 3 atom stereocenters. The molecule has 0 aliphatic carbocycles. The molecule has 3 aromatic rings. The van der Waals surface area contributed by atoms with Gasteiger partial charge in [0.2, 0.25) is 0 Å². The summed E-state index contributed by atoms with van der Waals surface area (Å²) in [5.74, 6) is 0.873. The molecule has 2 aliphatic heterocycles. The molecular formula is C30H32FNO4. The van der Waals surface area contributed by atoms with Gasteiger partial charge in [-0.2, -0.15) is 0 Å². The number of ether oxygens (including phenoxy) is 2. The number of benzene rings is 3. The first kappa shape index (κ1) is 24.2. The minimum Gasteiger partial charge on any atom is -0.508 e. The van der Waals surface area contributed by atoms with Gasteiger partial charge in [0.15, 0.2) is 11.6 Å². The van der Waals surface area contributed by atoms with Crippen LogP contribution in [0.2, 0.25) is 0 Å². The molecule has 36 heavy (non-hydrogen) atoms. The molecule has 5 nitrogen and oxygen atoms in total. The maximum atomic E-state index is 14.2. The minimum absolute atomic E-state index is 0.143. The van der Waals surface area contributed by atoms with Gasteiger partial charge in [-0.15, -0.1) is 0 Å². The highest BCUT2D eigenvalue weighted by atomic mass is 19.1. The van der Waals surface area contributed by atoms with Gasteiger partial charge in [-0.05, 0) is 79.8 Å². The van der Waals surface area contributed by atoms with E-state index in [1.165, 1.54) is 18.6 Å². The Labute approximate surface area is 211 Å². The molecule has 0 radical (unpaired) electrons. The second kappa shape index (κ2) is 9.86. The van der Waals surface area contributed by atoms with Gasteiger partial charge < -0.3 is 19.7 Å². The van der Waals surface area contributed by atoms with Crippen LogP contribution in [0.15, 0.2) is 60.7 Å². The molecule has 1 saturated heterocycles. The first-order chi connectivity index (χ1) is 17.3. The maximum absolute atomic E-state index is 14.2. The van der Waals surface area contributed by atoms with E-state index in [0.717, 1.165) is 47.0 Å². The summed E-state index contributed by atoms with van der Waals surface area (Å²) in [5.41, 5.74) is 3.97. The van der Waals surface area contributed by atoms with E-state index >= 15 is 0 Å². The summed E-state index contributed by atoms with van der Waals surface area (Å²) in [6, 6.07) is 17.7. The van der Waals surface area contributed by atoms with E-state index in [9.17, 15) is 14.6 Å². The van der Waals surface area contributed by atoms with E-state index < -0.39 is 17.7 Å². The average Bonchev–Trinajstić information content (AvgIpc) is 3.30. The van der Waals surface area contributed by atoms with Crippen molar-refractivity contribution in [3.63, 3.8) is 0 Å². The molecule has 0 aromatic heterocycles. The Kier molecular flexibility index (Phi) is 6.63. The van der Waals surface area contributed by atoms with Gasteiger partial charge in [0.05, 0.1) is 0 Å². The van der Waals surface area contributed by atoms with Crippen molar-refractivity contribution in [2.75, 3.05) is 19.7 Å². The van der Waals surface area contributed by atoms with Gasteiger partial charge >= 0.3 is 0 Å². The van der Waals surface area contributed by atoms with Crippen LogP contribution in [0.3, 0.4) is 0 Å². The molecule has 0 amide bonds. The van der Waals surface area contributed by atoms with Crippen molar-refractivity contribution < 1.29 is 24.1 Å². The topological polar surface area (TPSA) is 62.2 Å². The number of rotatable bonds is 6. The predicted molar refractivity (Wildman–Crippen MR) is 139 cm³/mol. The van der Waals surface area contributed by atoms with Gasteiger partial charge in [-0.25, -0.2) is 4.39 Å². The average molecular weight is 490 g/mol. The number of allylic oxidation sites excluding steroid dienone is 1. The van der Waals surface area contributed by atoms with E-state index in [0.29, 0.717) is 24.0 Å². The zero-order valence-electron chi connectivity index (χ0n) is 20.9. The zero-order chi connectivity index (χ0) is 25.4. The lowest BCUT2D eigenvalue weighted by Gasteiger charge is -2.31. The molecule has 5 rings (SSSR count). The quantitative estimate of drug-likeness (QED) is 0.419. The fraction of sp³-hybridized carbons (Fsp3) is 0.333. The predicted octanol–water partition coefficient (Wildman–Crippen LogP) is 6.41. The third-order valence-corrected chi connectivity index (χ3v) is 7.27. The van der Waals surface area contributed by atoms with Gasteiger partial charge in [-0.1, -0.05) is 31.2 Å². The molecule has 2 N–H and O–H groups in total. The standard InChI is InChI=1S/C30H32FNO4/c1-18-11-12-32(16-18)19(2)17-35-24-9-7-21(8-10-24)30-29(22-5-4-6-23(33)13-22)20(3)25-14-27(34)26(31)15-28(25)36-30/h4-10,13-15,18-19,30,33-34H,11-12,16-17H2,1-3H3. The zero-order valence-corrected chi connectivity index (χ0v) is 20.9. The first-order valence-electron chi connectivity index (χ1n) is 12.5. The van der Waals surface area contributed by atoms with E-state index in [4.69, 9.17) is 9.47 Å². The Morgan fingerprint density at radius 2 is 1.89 bits per heavy atom. The molecule has 0 spiro atoms. The number of nitrogens with zero attached hydrogens (tertiary/aromatic N) is 1. The summed E-state index contributed by atoms with van der Waals surface area (Å²) >= 11 is 0. The van der Waals surface area contributed by atoms with Gasteiger partial charge in [0.1, 0.15) is 30.0 Å². The second-order valence-corrected chi connectivity index (χ2v) is 10.0. The Morgan fingerprint density at radius 1 is 1.11 bits per heavy atom. The molecular weight excluding hydrogens is 457 g/mol. The Bertz CT molecular complexity index is 1290. The highest BCUT2D eigenvalue weighted by molar-refractivity contribution is 5.95. The van der Waals surface area contributed by atoms with Crippen molar-refractivity contribution in [1.82, 2.24) is 4.90 Å². The molecule has 3 aromatic carbocycles. The fourth-order valence-electron chi connectivity index (χ4n) is 5.17. The van der Waals surface area contributed by atoms with Gasteiger partial charge in [0, 0.05) is 29.8 Å². The Hall–Kier alpha value is -3.51. The second-order valence-electron chi connectivity index (χ2n) is 10.0. The summed E-state index contributed by atoms with van der Waals surface area (Å²) in [6.07, 6.45) is 0.712. The van der Waals surface area contributed by atoms with Crippen LogP contribution in [0, 0.1) is 11.7 Å². The summed E-state index contributed by atoms with van der Waals surface area (Å²) in [7, 11) is 0. The molecule has 3 unspecified atom stereocenters. The Balaban J connectivity index is 1.43. The van der Waals surface area contributed by atoms with Gasteiger partial charge in [0.25, 0.3) is 0 Å². The highest BCUT2D eigenvalue weighted by Crippen LogP contribution is 2.48. The summed E-state index contributed by atoms with van der Waals surface area (Å²) in [5, 5.41) is 20.1. The number of hydrogen-bond acceptors (Lipinski definition) is 5. The maximum Gasteiger partial charge on any atom is 0.168 e. The van der Waals surface area contributed by atoms with Gasteiger partial charge in [-0.3, -0.25) is 4.90 Å². The largest absolute Gasteiger partial charge is 0.508 e. The number of hydrogen-bond donors (Lipinski definition) is 2. The van der Waals surface area contributed by atoms with Crippen LogP contribution in [-0.4, -0.2) is 40.9 Å². The van der Waals surface area contributed by atoms with E-state index in [1.54, 1.807) is 18.2 Å². The van der Waals surface area contributed by atoms with Crippen molar-refractivity contribution in [3.8, 4) is 23.0 Å². The molecule has 6 heteroatoms. The lowest BCUT2D eigenvalue weighted by molar-refractivity contribution is 0.169. The number of fused-ring (bicyclic) bond motifs is 1.